The van der Waals surface area contributed by atoms with Crippen LogP contribution in [0.5, 0.6) is 5.88 Å². The molecule has 0 spiro atoms. The number of alkyl halides is 2. The summed E-state index contributed by atoms with van der Waals surface area (Å²) in [6.45, 7) is 2.76. The van der Waals surface area contributed by atoms with E-state index >= 15 is 0 Å². The predicted molar refractivity (Wildman–Crippen MR) is 116 cm³/mol. The Morgan fingerprint density at radius 2 is 1.91 bits per heavy atom. The maximum Gasteiger partial charge on any atom is 0.314 e. The maximum absolute atomic E-state index is 13.3. The first-order chi connectivity index (χ1) is 16.0. The number of rotatable bonds is 6. The molecule has 0 aliphatic carbocycles. The second-order valence-corrected chi connectivity index (χ2v) is 7.34. The lowest BCUT2D eigenvalue weighted by Gasteiger charge is -2.20. The molecule has 2 aromatic heterocycles. The lowest BCUT2D eigenvalue weighted by atomic mass is 10.0. The first kappa shape index (κ1) is 20.7. The van der Waals surface area contributed by atoms with Gasteiger partial charge in [-0.15, -0.1) is 10.2 Å². The minimum atomic E-state index is -2.86. The second-order valence-electron chi connectivity index (χ2n) is 7.34. The van der Waals surface area contributed by atoms with Crippen molar-refractivity contribution in [2.45, 2.75) is 19.9 Å². The highest BCUT2D eigenvalue weighted by Gasteiger charge is 2.31. The van der Waals surface area contributed by atoms with Crippen molar-refractivity contribution in [3.8, 4) is 28.5 Å². The average Bonchev–Trinajstić information content (AvgIpc) is 3.45. The lowest BCUT2D eigenvalue weighted by Crippen LogP contribution is -2.23. The van der Waals surface area contributed by atoms with Crippen molar-refractivity contribution in [2.24, 2.45) is 0 Å². The maximum atomic E-state index is 13.3. The zero-order chi connectivity index (χ0) is 22.9. The van der Waals surface area contributed by atoms with Gasteiger partial charge < -0.3 is 14.1 Å². The van der Waals surface area contributed by atoms with Crippen LogP contribution in [-0.2, 0) is 6.54 Å². The summed E-state index contributed by atoms with van der Waals surface area (Å²) < 4.78 is 36.1. The fourth-order valence-corrected chi connectivity index (χ4v) is 3.82. The van der Waals surface area contributed by atoms with Gasteiger partial charge in [0, 0.05) is 29.0 Å². The fourth-order valence-electron chi connectivity index (χ4n) is 3.82. The molecule has 0 saturated carbocycles. The molecular weight excluding hydrogens is 430 g/mol. The number of anilines is 1. The van der Waals surface area contributed by atoms with E-state index in [9.17, 15) is 13.6 Å². The first-order valence-corrected chi connectivity index (χ1v) is 10.3. The smallest absolute Gasteiger partial charge is 0.314 e. The number of pyridine rings is 1. The number of fused-ring (bicyclic) bond motifs is 1. The van der Waals surface area contributed by atoms with Crippen molar-refractivity contribution in [2.75, 3.05) is 11.5 Å². The average molecular weight is 448 g/mol. The normalized spacial score (nSPS) is 13.0. The molecule has 5 rings (SSSR count). The van der Waals surface area contributed by atoms with E-state index in [-0.39, 0.29) is 11.8 Å². The van der Waals surface area contributed by atoms with E-state index in [0.29, 0.717) is 30.2 Å². The highest BCUT2D eigenvalue weighted by molar-refractivity contribution is 6.12. The molecule has 7 nitrogen and oxygen atoms in total. The van der Waals surface area contributed by atoms with Crippen molar-refractivity contribution >= 4 is 11.6 Å². The number of aromatic nitrogens is 3. The summed E-state index contributed by atoms with van der Waals surface area (Å²) >= 11 is 0. The number of hydrogen-bond acceptors (Lipinski definition) is 6. The molecule has 1 aliphatic rings. The number of para-hydroxylation sites is 1. The number of amides is 1. The van der Waals surface area contributed by atoms with Crippen LogP contribution in [0.3, 0.4) is 0 Å². The molecule has 0 atom stereocenters. The van der Waals surface area contributed by atoms with Gasteiger partial charge in [0.1, 0.15) is 0 Å². The molecule has 0 fully saturated rings. The summed E-state index contributed by atoms with van der Waals surface area (Å²) in [5, 5.41) is 7.03. The summed E-state index contributed by atoms with van der Waals surface area (Å²) in [6, 6.07) is 16.4. The largest absolute Gasteiger partial charge is 0.478 e. The zero-order valence-corrected chi connectivity index (χ0v) is 17.5. The van der Waals surface area contributed by atoms with Gasteiger partial charge in [-0.05, 0) is 42.3 Å². The van der Waals surface area contributed by atoms with E-state index in [1.165, 1.54) is 0 Å². The zero-order valence-electron chi connectivity index (χ0n) is 17.5. The monoisotopic (exact) mass is 448 g/mol. The van der Waals surface area contributed by atoms with Gasteiger partial charge in [-0.25, -0.2) is 4.98 Å². The first-order valence-electron chi connectivity index (χ1n) is 10.3. The SMILES string of the molecule is CCOc1cc(-c2ccccc2N2Cc3ccc(-c4nnc(C(F)F)o4)cc3C2=O)ccn1. The molecule has 1 aliphatic heterocycles. The van der Waals surface area contributed by atoms with Gasteiger partial charge in [0.2, 0.25) is 11.8 Å². The van der Waals surface area contributed by atoms with Crippen LogP contribution >= 0.6 is 0 Å². The van der Waals surface area contributed by atoms with Gasteiger partial charge >= 0.3 is 6.43 Å². The topological polar surface area (TPSA) is 81.4 Å². The quantitative estimate of drug-likeness (QED) is 0.398. The molecule has 0 N–H and O–H groups in total. The number of carbonyl (C=O) groups excluding carboxylic acids is 1. The van der Waals surface area contributed by atoms with E-state index in [1.807, 2.05) is 43.3 Å². The van der Waals surface area contributed by atoms with E-state index in [2.05, 4.69) is 15.2 Å². The lowest BCUT2D eigenvalue weighted by molar-refractivity contribution is 0.0996. The molecule has 3 heterocycles. The third-order valence-corrected chi connectivity index (χ3v) is 5.32. The van der Waals surface area contributed by atoms with Crippen molar-refractivity contribution in [1.82, 2.24) is 15.2 Å². The minimum Gasteiger partial charge on any atom is -0.478 e. The van der Waals surface area contributed by atoms with Gasteiger partial charge in [0.25, 0.3) is 11.8 Å². The van der Waals surface area contributed by atoms with Gasteiger partial charge in [-0.2, -0.15) is 8.78 Å². The summed E-state index contributed by atoms with van der Waals surface area (Å²) in [4.78, 5) is 19.2. The molecule has 33 heavy (non-hydrogen) atoms. The molecule has 4 aromatic rings. The molecule has 0 unspecified atom stereocenters. The molecule has 166 valence electrons. The van der Waals surface area contributed by atoms with Crippen LogP contribution in [0.2, 0.25) is 0 Å². The summed E-state index contributed by atoms with van der Waals surface area (Å²) in [7, 11) is 0. The number of benzene rings is 2. The van der Waals surface area contributed by atoms with Crippen molar-refractivity contribution in [1.29, 1.82) is 0 Å². The van der Waals surface area contributed by atoms with Gasteiger partial charge in [0.15, 0.2) is 0 Å². The van der Waals surface area contributed by atoms with Crippen molar-refractivity contribution < 1.29 is 22.7 Å². The number of nitrogens with zero attached hydrogens (tertiary/aromatic N) is 4. The van der Waals surface area contributed by atoms with Gasteiger partial charge in [0.05, 0.1) is 18.8 Å². The Labute approximate surface area is 187 Å². The molecular formula is C24H18F2N4O3. The fraction of sp³-hybridized carbons (Fsp3) is 0.167. The Hall–Kier alpha value is -4.14. The van der Waals surface area contributed by atoms with Gasteiger partial charge in [-0.3, -0.25) is 4.79 Å². The summed E-state index contributed by atoms with van der Waals surface area (Å²) in [5.74, 6) is -0.503. The standard InChI is InChI=1S/C24H18F2N4O3/c1-2-32-20-12-14(9-10-27-20)17-5-3-4-6-19(17)30-13-16-8-7-15(11-18(16)24(30)31)22-28-29-23(33-22)21(25)26/h3-12,21H,2,13H2,1H3. The number of hydrogen-bond donors (Lipinski definition) is 0. The van der Waals surface area contributed by atoms with Crippen LogP contribution in [0.4, 0.5) is 14.5 Å². The van der Waals surface area contributed by atoms with E-state index in [4.69, 9.17) is 9.15 Å². The Kier molecular flexibility index (Phi) is 5.29. The van der Waals surface area contributed by atoms with Gasteiger partial charge in [-0.1, -0.05) is 24.3 Å². The van der Waals surface area contributed by atoms with Crippen LogP contribution in [0.15, 0.2) is 65.2 Å². The molecule has 1 amide bonds. The van der Waals surface area contributed by atoms with Crippen molar-refractivity contribution in [3.05, 3.63) is 77.8 Å². The van der Waals surface area contributed by atoms with Crippen LogP contribution in [0.1, 0.15) is 35.2 Å². The highest BCUT2D eigenvalue weighted by Crippen LogP contribution is 2.37. The minimum absolute atomic E-state index is 0.0556. The van der Waals surface area contributed by atoms with Crippen LogP contribution in [-0.4, -0.2) is 27.7 Å². The van der Waals surface area contributed by atoms with Crippen LogP contribution in [0.25, 0.3) is 22.6 Å². The molecule has 9 heteroatoms. The Morgan fingerprint density at radius 3 is 2.70 bits per heavy atom. The molecule has 0 saturated heterocycles. The summed E-state index contributed by atoms with van der Waals surface area (Å²) in [5.41, 5.74) is 4.17. The molecule has 0 radical (unpaired) electrons. The number of halogens is 2. The van der Waals surface area contributed by atoms with E-state index < -0.39 is 12.3 Å². The Balaban J connectivity index is 1.49. The predicted octanol–water partition coefficient (Wildman–Crippen LogP) is 5.30. The number of ether oxygens (including phenoxy) is 1. The van der Waals surface area contributed by atoms with Crippen LogP contribution in [0, 0.1) is 0 Å². The second kappa shape index (κ2) is 8.42. The van der Waals surface area contributed by atoms with E-state index in [1.54, 1.807) is 29.3 Å². The third kappa shape index (κ3) is 3.82. The molecule has 0 bridgehead atoms. The van der Waals surface area contributed by atoms with Crippen molar-refractivity contribution in [3.63, 3.8) is 0 Å². The summed E-state index contributed by atoms with van der Waals surface area (Å²) in [6.07, 6.45) is -1.19. The molecule has 2 aromatic carbocycles. The number of carbonyl (C=O) groups is 1. The Morgan fingerprint density at radius 1 is 1.06 bits per heavy atom. The van der Waals surface area contributed by atoms with Crippen LogP contribution < -0.4 is 9.64 Å². The Bertz CT molecular complexity index is 1340. The third-order valence-electron chi connectivity index (χ3n) is 5.32. The van der Waals surface area contributed by atoms with E-state index in [0.717, 1.165) is 22.4 Å². The highest BCUT2D eigenvalue weighted by atomic mass is 19.3.